The molecule has 1 amide bonds. The van der Waals surface area contributed by atoms with E-state index in [1.54, 1.807) is 23.5 Å². The number of benzene rings is 1. The van der Waals surface area contributed by atoms with Crippen LogP contribution in [0, 0.1) is 5.82 Å². The van der Waals surface area contributed by atoms with Crippen molar-refractivity contribution in [3.05, 3.63) is 58.0 Å². The Balaban J connectivity index is 1.67. The lowest BCUT2D eigenvalue weighted by atomic mass is 10.1. The molecule has 6 heteroatoms. The predicted molar refractivity (Wildman–Crippen MR) is 94.9 cm³/mol. The van der Waals surface area contributed by atoms with Crippen LogP contribution in [0.3, 0.4) is 0 Å². The molecule has 1 aromatic carbocycles. The molecule has 1 aliphatic rings. The second kappa shape index (κ2) is 7.88. The number of carbonyl (C=O) groups is 1. The highest BCUT2D eigenvalue weighted by Crippen LogP contribution is 2.23. The monoisotopic (exact) mass is 347 g/mol. The molecule has 1 unspecified atom stereocenters. The van der Waals surface area contributed by atoms with E-state index in [9.17, 15) is 9.18 Å². The van der Waals surface area contributed by atoms with Gasteiger partial charge in [0.2, 0.25) is 0 Å². The summed E-state index contributed by atoms with van der Waals surface area (Å²) >= 11 is 1.67. The molecule has 0 aliphatic carbocycles. The zero-order valence-corrected chi connectivity index (χ0v) is 14.6. The molecule has 0 radical (unpaired) electrons. The average molecular weight is 347 g/mol. The molecule has 1 aromatic heterocycles. The first-order chi connectivity index (χ1) is 11.6. The van der Waals surface area contributed by atoms with E-state index < -0.39 is 5.82 Å². The minimum atomic E-state index is -0.392. The van der Waals surface area contributed by atoms with Gasteiger partial charge in [0, 0.05) is 38.3 Å². The maximum absolute atomic E-state index is 13.3. The Morgan fingerprint density at radius 3 is 2.75 bits per heavy atom. The van der Waals surface area contributed by atoms with Crippen molar-refractivity contribution in [2.75, 3.05) is 39.8 Å². The van der Waals surface area contributed by atoms with E-state index in [0.29, 0.717) is 12.1 Å². The van der Waals surface area contributed by atoms with Crippen LogP contribution in [0.15, 0.2) is 41.1 Å². The molecule has 1 saturated heterocycles. The lowest BCUT2D eigenvalue weighted by Crippen LogP contribution is -2.48. The van der Waals surface area contributed by atoms with Crippen molar-refractivity contribution >= 4 is 17.2 Å². The van der Waals surface area contributed by atoms with Crippen LogP contribution < -0.4 is 5.32 Å². The third-order valence-corrected chi connectivity index (χ3v) is 5.15. The van der Waals surface area contributed by atoms with Crippen LogP contribution in [0.1, 0.15) is 22.0 Å². The highest BCUT2D eigenvalue weighted by Gasteiger charge is 2.24. The minimum absolute atomic E-state index is 0.155. The third-order valence-electron chi connectivity index (χ3n) is 4.45. The maximum atomic E-state index is 13.3. The molecule has 3 rings (SSSR count). The minimum Gasteiger partial charge on any atom is -0.350 e. The summed E-state index contributed by atoms with van der Waals surface area (Å²) in [5.41, 5.74) is 1.58. The van der Waals surface area contributed by atoms with Gasteiger partial charge in [0.25, 0.3) is 5.91 Å². The van der Waals surface area contributed by atoms with Gasteiger partial charge in [-0.15, -0.1) is 0 Å². The fraction of sp³-hybridized carbons (Fsp3) is 0.389. The molecule has 1 aliphatic heterocycles. The van der Waals surface area contributed by atoms with Crippen LogP contribution >= 0.6 is 11.3 Å². The smallest absolute Gasteiger partial charge is 0.251 e. The number of hydrogen-bond acceptors (Lipinski definition) is 4. The number of nitrogens with zero attached hydrogens (tertiary/aromatic N) is 2. The molecule has 2 aromatic rings. The summed E-state index contributed by atoms with van der Waals surface area (Å²) < 4.78 is 13.3. The van der Waals surface area contributed by atoms with Crippen molar-refractivity contribution in [1.29, 1.82) is 0 Å². The van der Waals surface area contributed by atoms with Gasteiger partial charge in [0.05, 0.1) is 6.04 Å². The number of hydrogen-bond donors (Lipinski definition) is 1. The average Bonchev–Trinajstić information content (AvgIpc) is 3.11. The number of amides is 1. The van der Waals surface area contributed by atoms with Gasteiger partial charge in [-0.05, 0) is 47.6 Å². The first-order valence-corrected chi connectivity index (χ1v) is 9.06. The Morgan fingerprint density at radius 1 is 1.29 bits per heavy atom. The van der Waals surface area contributed by atoms with Gasteiger partial charge in [-0.3, -0.25) is 9.69 Å². The number of likely N-dealkylation sites (N-methyl/N-ethyl adjacent to an activating group) is 1. The van der Waals surface area contributed by atoms with Crippen molar-refractivity contribution in [3.63, 3.8) is 0 Å². The second-order valence-electron chi connectivity index (χ2n) is 6.13. The summed E-state index contributed by atoms with van der Waals surface area (Å²) in [5.74, 6) is -0.625. The Kier molecular flexibility index (Phi) is 5.60. The number of carbonyl (C=O) groups excluding carboxylic acids is 1. The van der Waals surface area contributed by atoms with Crippen molar-refractivity contribution in [1.82, 2.24) is 15.1 Å². The molecule has 24 heavy (non-hydrogen) atoms. The maximum Gasteiger partial charge on any atom is 0.251 e. The Hall–Kier alpha value is -1.76. The van der Waals surface area contributed by atoms with E-state index in [-0.39, 0.29) is 11.9 Å². The fourth-order valence-electron chi connectivity index (χ4n) is 2.98. The summed E-state index contributed by atoms with van der Waals surface area (Å²) in [5, 5.41) is 7.17. The van der Waals surface area contributed by atoms with Gasteiger partial charge in [0.15, 0.2) is 0 Å². The molecule has 2 heterocycles. The normalized spacial score (nSPS) is 17.6. The van der Waals surface area contributed by atoms with Crippen LogP contribution in [-0.4, -0.2) is 55.5 Å². The lowest BCUT2D eigenvalue weighted by molar-refractivity contribution is 0.0886. The van der Waals surface area contributed by atoms with Crippen LogP contribution in [-0.2, 0) is 0 Å². The van der Waals surface area contributed by atoms with Crippen LogP contribution in [0.4, 0.5) is 4.39 Å². The van der Waals surface area contributed by atoms with E-state index in [0.717, 1.165) is 26.2 Å². The van der Waals surface area contributed by atoms with E-state index >= 15 is 0 Å². The summed E-state index contributed by atoms with van der Waals surface area (Å²) in [6.07, 6.45) is 0. The van der Waals surface area contributed by atoms with E-state index in [4.69, 9.17) is 0 Å². The summed E-state index contributed by atoms with van der Waals surface area (Å²) in [7, 11) is 2.13. The molecular formula is C18H22FN3OS. The van der Waals surface area contributed by atoms with E-state index in [1.165, 1.54) is 17.7 Å². The van der Waals surface area contributed by atoms with Crippen molar-refractivity contribution in [2.24, 2.45) is 0 Å². The molecular weight excluding hydrogens is 325 g/mol. The fourth-order valence-corrected chi connectivity index (χ4v) is 3.68. The SMILES string of the molecule is CN1CCN(C(CNC(=O)c2cccc(F)c2)c2ccsc2)CC1. The number of halogens is 1. The topological polar surface area (TPSA) is 35.6 Å². The van der Waals surface area contributed by atoms with Gasteiger partial charge in [0.1, 0.15) is 5.82 Å². The first-order valence-electron chi connectivity index (χ1n) is 8.12. The first kappa shape index (κ1) is 17.1. The van der Waals surface area contributed by atoms with Gasteiger partial charge >= 0.3 is 0 Å². The zero-order valence-electron chi connectivity index (χ0n) is 13.7. The highest BCUT2D eigenvalue weighted by molar-refractivity contribution is 7.07. The Morgan fingerprint density at radius 2 is 2.08 bits per heavy atom. The number of nitrogens with one attached hydrogen (secondary N) is 1. The molecule has 0 saturated carbocycles. The summed E-state index contributed by atoms with van der Waals surface area (Å²) in [6, 6.07) is 8.07. The quantitative estimate of drug-likeness (QED) is 0.903. The van der Waals surface area contributed by atoms with Gasteiger partial charge in [-0.25, -0.2) is 4.39 Å². The molecule has 1 fully saturated rings. The molecule has 0 bridgehead atoms. The highest BCUT2D eigenvalue weighted by atomic mass is 32.1. The Labute approximate surface area is 145 Å². The summed E-state index contributed by atoms with van der Waals surface area (Å²) in [6.45, 7) is 4.53. The largest absolute Gasteiger partial charge is 0.350 e. The van der Waals surface area contributed by atoms with Crippen LogP contribution in [0.25, 0.3) is 0 Å². The van der Waals surface area contributed by atoms with Crippen molar-refractivity contribution in [2.45, 2.75) is 6.04 Å². The van der Waals surface area contributed by atoms with Crippen LogP contribution in [0.2, 0.25) is 0 Å². The molecule has 128 valence electrons. The summed E-state index contributed by atoms with van der Waals surface area (Å²) in [4.78, 5) is 17.0. The van der Waals surface area contributed by atoms with E-state index in [1.807, 2.05) is 0 Å². The Bertz CT molecular complexity index is 669. The lowest BCUT2D eigenvalue weighted by Gasteiger charge is -2.38. The van der Waals surface area contributed by atoms with Crippen molar-refractivity contribution in [3.8, 4) is 0 Å². The number of piperazine rings is 1. The third kappa shape index (κ3) is 4.20. The zero-order chi connectivity index (χ0) is 16.9. The molecule has 1 N–H and O–H groups in total. The van der Waals surface area contributed by atoms with Gasteiger partial charge in [-0.1, -0.05) is 6.07 Å². The van der Waals surface area contributed by atoms with Gasteiger partial charge < -0.3 is 10.2 Å². The molecule has 4 nitrogen and oxygen atoms in total. The number of rotatable bonds is 5. The predicted octanol–water partition coefficient (Wildman–Crippen LogP) is 2.61. The van der Waals surface area contributed by atoms with Crippen LogP contribution in [0.5, 0.6) is 0 Å². The molecule has 1 atom stereocenters. The van der Waals surface area contributed by atoms with Gasteiger partial charge in [-0.2, -0.15) is 11.3 Å². The van der Waals surface area contributed by atoms with Crippen molar-refractivity contribution < 1.29 is 9.18 Å². The van der Waals surface area contributed by atoms with E-state index in [2.05, 4.69) is 39.0 Å². The molecule has 0 spiro atoms. The second-order valence-corrected chi connectivity index (χ2v) is 6.91. The standard InChI is InChI=1S/C18H22FN3OS/c1-21-6-8-22(9-7-21)17(15-5-10-24-13-15)12-20-18(23)14-3-2-4-16(19)11-14/h2-5,10-11,13,17H,6-9,12H2,1H3,(H,20,23). The number of thiophene rings is 1.